The topological polar surface area (TPSA) is 39.7 Å². The van der Waals surface area contributed by atoms with E-state index in [1.165, 1.54) is 5.56 Å². The Morgan fingerprint density at radius 2 is 2.20 bits per heavy atom. The molecule has 0 radical (unpaired) electrons. The number of benzene rings is 1. The predicted molar refractivity (Wildman–Crippen MR) is 77.0 cm³/mol. The van der Waals surface area contributed by atoms with Gasteiger partial charge in [-0.15, -0.1) is 0 Å². The van der Waals surface area contributed by atoms with Crippen molar-refractivity contribution >= 4 is 0 Å². The molecule has 2 heterocycles. The second-order valence-corrected chi connectivity index (χ2v) is 5.91. The summed E-state index contributed by atoms with van der Waals surface area (Å²) in [5.74, 6) is 2.33. The SMILES string of the molecule is CC(C)C1CC(NCc2cccc3c2OCO3)CCO1. The molecule has 2 atom stereocenters. The second kappa shape index (κ2) is 6.02. The van der Waals surface area contributed by atoms with Crippen molar-refractivity contribution in [2.24, 2.45) is 5.92 Å². The van der Waals surface area contributed by atoms with Crippen LogP contribution in [0.2, 0.25) is 0 Å². The zero-order chi connectivity index (χ0) is 13.9. The quantitative estimate of drug-likeness (QED) is 0.918. The summed E-state index contributed by atoms with van der Waals surface area (Å²) in [6, 6.07) is 6.59. The van der Waals surface area contributed by atoms with Gasteiger partial charge in [-0.25, -0.2) is 0 Å². The van der Waals surface area contributed by atoms with Crippen LogP contribution in [0.3, 0.4) is 0 Å². The first-order valence-electron chi connectivity index (χ1n) is 7.46. The van der Waals surface area contributed by atoms with Gasteiger partial charge in [-0.1, -0.05) is 26.0 Å². The average Bonchev–Trinajstić information content (AvgIpc) is 2.94. The van der Waals surface area contributed by atoms with Crippen LogP contribution in [0.5, 0.6) is 11.5 Å². The molecule has 0 bridgehead atoms. The fourth-order valence-corrected chi connectivity index (χ4v) is 2.86. The van der Waals surface area contributed by atoms with E-state index in [2.05, 4.69) is 25.2 Å². The van der Waals surface area contributed by atoms with Gasteiger partial charge in [0.2, 0.25) is 6.79 Å². The van der Waals surface area contributed by atoms with E-state index in [0.717, 1.165) is 37.5 Å². The number of para-hydroxylation sites is 1. The van der Waals surface area contributed by atoms with Gasteiger partial charge in [0.1, 0.15) is 0 Å². The molecule has 1 N–H and O–H groups in total. The van der Waals surface area contributed by atoms with Crippen LogP contribution >= 0.6 is 0 Å². The molecule has 3 rings (SSSR count). The van der Waals surface area contributed by atoms with Crippen LogP contribution < -0.4 is 14.8 Å². The molecule has 2 unspecified atom stereocenters. The monoisotopic (exact) mass is 277 g/mol. The minimum Gasteiger partial charge on any atom is -0.454 e. The van der Waals surface area contributed by atoms with Gasteiger partial charge in [-0.05, 0) is 24.8 Å². The van der Waals surface area contributed by atoms with Gasteiger partial charge in [-0.2, -0.15) is 0 Å². The van der Waals surface area contributed by atoms with Gasteiger partial charge >= 0.3 is 0 Å². The molecule has 1 fully saturated rings. The Bertz CT molecular complexity index is 461. The molecule has 0 saturated carbocycles. The number of hydrogen-bond acceptors (Lipinski definition) is 4. The van der Waals surface area contributed by atoms with Gasteiger partial charge < -0.3 is 19.5 Å². The van der Waals surface area contributed by atoms with Gasteiger partial charge in [0.15, 0.2) is 11.5 Å². The van der Waals surface area contributed by atoms with Gasteiger partial charge in [0, 0.05) is 24.8 Å². The first kappa shape index (κ1) is 13.7. The maximum atomic E-state index is 5.81. The molecule has 110 valence electrons. The summed E-state index contributed by atoms with van der Waals surface area (Å²) < 4.78 is 16.8. The normalized spacial score (nSPS) is 25.1. The highest BCUT2D eigenvalue weighted by molar-refractivity contribution is 5.48. The zero-order valence-electron chi connectivity index (χ0n) is 12.2. The molecule has 4 heteroatoms. The van der Waals surface area contributed by atoms with E-state index in [1.54, 1.807) is 0 Å². The summed E-state index contributed by atoms with van der Waals surface area (Å²) in [5.41, 5.74) is 1.17. The van der Waals surface area contributed by atoms with E-state index in [4.69, 9.17) is 14.2 Å². The Kier molecular flexibility index (Phi) is 4.13. The minimum absolute atomic E-state index is 0.332. The minimum atomic E-state index is 0.332. The lowest BCUT2D eigenvalue weighted by molar-refractivity contribution is -0.0245. The van der Waals surface area contributed by atoms with Crippen molar-refractivity contribution in [3.63, 3.8) is 0 Å². The van der Waals surface area contributed by atoms with Crippen molar-refractivity contribution in [3.8, 4) is 11.5 Å². The van der Waals surface area contributed by atoms with E-state index in [-0.39, 0.29) is 0 Å². The molecule has 0 aliphatic carbocycles. The summed E-state index contributed by atoms with van der Waals surface area (Å²) >= 11 is 0. The largest absolute Gasteiger partial charge is 0.454 e. The summed E-state index contributed by atoms with van der Waals surface area (Å²) in [7, 11) is 0. The predicted octanol–water partition coefficient (Wildman–Crippen LogP) is 2.71. The standard InChI is InChI=1S/C16H23NO3/c1-11(2)15-8-13(6-7-18-15)17-9-12-4-3-5-14-16(12)20-10-19-14/h3-5,11,13,15,17H,6-10H2,1-2H3. The third-order valence-electron chi connectivity index (χ3n) is 4.12. The Hall–Kier alpha value is -1.26. The van der Waals surface area contributed by atoms with Crippen LogP contribution in [0.25, 0.3) is 0 Å². The molecular formula is C16H23NO3. The Balaban J connectivity index is 1.58. The van der Waals surface area contributed by atoms with Gasteiger partial charge in [0.25, 0.3) is 0 Å². The molecule has 1 saturated heterocycles. The number of nitrogens with one attached hydrogen (secondary N) is 1. The summed E-state index contributed by atoms with van der Waals surface area (Å²) in [5, 5.41) is 3.64. The lowest BCUT2D eigenvalue weighted by Crippen LogP contribution is -2.40. The average molecular weight is 277 g/mol. The van der Waals surface area contributed by atoms with Crippen LogP contribution in [0.15, 0.2) is 18.2 Å². The molecule has 4 nitrogen and oxygen atoms in total. The fraction of sp³-hybridized carbons (Fsp3) is 0.625. The molecule has 0 aromatic heterocycles. The highest BCUT2D eigenvalue weighted by Crippen LogP contribution is 2.35. The highest BCUT2D eigenvalue weighted by atomic mass is 16.7. The first-order chi connectivity index (χ1) is 9.74. The number of ether oxygens (including phenoxy) is 3. The van der Waals surface area contributed by atoms with E-state index < -0.39 is 0 Å². The Labute approximate surface area is 120 Å². The van der Waals surface area contributed by atoms with Crippen LogP contribution in [0.1, 0.15) is 32.3 Å². The number of hydrogen-bond donors (Lipinski definition) is 1. The molecule has 0 spiro atoms. The zero-order valence-corrected chi connectivity index (χ0v) is 12.2. The first-order valence-corrected chi connectivity index (χ1v) is 7.46. The summed E-state index contributed by atoms with van der Waals surface area (Å²) in [6.45, 7) is 6.46. The highest BCUT2D eigenvalue weighted by Gasteiger charge is 2.25. The van der Waals surface area contributed by atoms with Gasteiger partial charge in [0.05, 0.1) is 6.10 Å². The third kappa shape index (κ3) is 2.91. The molecule has 20 heavy (non-hydrogen) atoms. The van der Waals surface area contributed by atoms with Crippen molar-refractivity contribution in [1.29, 1.82) is 0 Å². The smallest absolute Gasteiger partial charge is 0.231 e. The summed E-state index contributed by atoms with van der Waals surface area (Å²) in [6.07, 6.45) is 2.54. The van der Waals surface area contributed by atoms with Gasteiger partial charge in [-0.3, -0.25) is 0 Å². The third-order valence-corrected chi connectivity index (χ3v) is 4.12. The van der Waals surface area contributed by atoms with E-state index in [9.17, 15) is 0 Å². The van der Waals surface area contributed by atoms with Crippen molar-refractivity contribution < 1.29 is 14.2 Å². The lowest BCUT2D eigenvalue weighted by atomic mass is 9.95. The second-order valence-electron chi connectivity index (χ2n) is 5.91. The molecular weight excluding hydrogens is 254 g/mol. The number of fused-ring (bicyclic) bond motifs is 1. The maximum absolute atomic E-state index is 5.81. The van der Waals surface area contributed by atoms with Crippen molar-refractivity contribution in [2.45, 2.75) is 45.4 Å². The Morgan fingerprint density at radius 3 is 3.05 bits per heavy atom. The van der Waals surface area contributed by atoms with Crippen molar-refractivity contribution in [2.75, 3.05) is 13.4 Å². The summed E-state index contributed by atoms with van der Waals surface area (Å²) in [4.78, 5) is 0. The molecule has 0 amide bonds. The maximum Gasteiger partial charge on any atom is 0.231 e. The van der Waals surface area contributed by atoms with E-state index >= 15 is 0 Å². The lowest BCUT2D eigenvalue weighted by Gasteiger charge is -2.32. The van der Waals surface area contributed by atoms with Crippen molar-refractivity contribution in [3.05, 3.63) is 23.8 Å². The van der Waals surface area contributed by atoms with Crippen LogP contribution in [0, 0.1) is 5.92 Å². The Morgan fingerprint density at radius 1 is 1.30 bits per heavy atom. The molecule has 2 aliphatic rings. The fourth-order valence-electron chi connectivity index (χ4n) is 2.86. The van der Waals surface area contributed by atoms with E-state index in [1.807, 2.05) is 12.1 Å². The molecule has 1 aromatic rings. The van der Waals surface area contributed by atoms with Crippen molar-refractivity contribution in [1.82, 2.24) is 5.32 Å². The van der Waals surface area contributed by atoms with Crippen LogP contribution in [-0.4, -0.2) is 25.5 Å². The van der Waals surface area contributed by atoms with Crippen LogP contribution in [0.4, 0.5) is 0 Å². The number of rotatable bonds is 4. The van der Waals surface area contributed by atoms with E-state index in [0.29, 0.717) is 24.9 Å². The van der Waals surface area contributed by atoms with Crippen LogP contribution in [-0.2, 0) is 11.3 Å². The molecule has 1 aromatic carbocycles. The molecule has 2 aliphatic heterocycles.